The highest BCUT2D eigenvalue weighted by Gasteiger charge is 2.41. The average molecular weight is 442 g/mol. The number of nitrogens with zero attached hydrogens (tertiary/aromatic N) is 1. The Morgan fingerprint density at radius 3 is 2.12 bits per heavy atom. The monoisotopic (exact) mass is 441 g/mol. The molecule has 174 valence electrons. The molecule has 2 unspecified atom stereocenters. The number of ether oxygens (including phenoxy) is 1. The zero-order valence-electron chi connectivity index (χ0n) is 19.9. The number of carbonyl (C=O) groups excluding carboxylic acids is 3. The van der Waals surface area contributed by atoms with Crippen LogP contribution in [0.4, 0.5) is 4.79 Å². The van der Waals surface area contributed by atoms with Crippen LogP contribution in [0.3, 0.4) is 0 Å². The lowest BCUT2D eigenvalue weighted by Gasteiger charge is -2.43. The van der Waals surface area contributed by atoms with Gasteiger partial charge in [-0.05, 0) is 78.5 Å². The van der Waals surface area contributed by atoms with Gasteiger partial charge in [0, 0.05) is 17.6 Å². The highest BCUT2D eigenvalue weighted by Crippen LogP contribution is 2.33. The number of benzene rings is 1. The van der Waals surface area contributed by atoms with Crippen LogP contribution in [0.1, 0.15) is 78.0 Å². The topological polar surface area (TPSA) is 87.7 Å². The first kappa shape index (κ1) is 25.3. The molecule has 1 saturated carbocycles. The molecule has 1 aromatic carbocycles. The molecule has 32 heavy (non-hydrogen) atoms. The molecule has 7 nitrogen and oxygen atoms in total. The van der Waals surface area contributed by atoms with Gasteiger partial charge in [-0.15, -0.1) is 6.42 Å². The van der Waals surface area contributed by atoms with Gasteiger partial charge in [0.15, 0.2) is 0 Å². The van der Waals surface area contributed by atoms with Gasteiger partial charge in [-0.1, -0.05) is 18.1 Å². The summed E-state index contributed by atoms with van der Waals surface area (Å²) in [5.41, 5.74) is 0.684. The molecule has 0 heterocycles. The number of hydrogen-bond donors (Lipinski definition) is 2. The Morgan fingerprint density at radius 1 is 1.09 bits per heavy atom. The van der Waals surface area contributed by atoms with Gasteiger partial charge in [0.05, 0.1) is 0 Å². The highest BCUT2D eigenvalue weighted by molar-refractivity contribution is 5.92. The van der Waals surface area contributed by atoms with Crippen molar-refractivity contribution in [3.05, 3.63) is 35.4 Å². The van der Waals surface area contributed by atoms with Gasteiger partial charge in [-0.3, -0.25) is 9.59 Å². The minimum Gasteiger partial charge on any atom is -0.444 e. The van der Waals surface area contributed by atoms with Crippen LogP contribution in [0.2, 0.25) is 0 Å². The van der Waals surface area contributed by atoms with Crippen molar-refractivity contribution in [1.29, 1.82) is 0 Å². The average Bonchev–Trinajstić information content (AvgIpc) is 2.63. The number of carbonyl (C=O) groups is 3. The molecule has 3 amide bonds. The van der Waals surface area contributed by atoms with E-state index >= 15 is 0 Å². The fraction of sp³-hybridized carbons (Fsp3) is 0.560. The van der Waals surface area contributed by atoms with Crippen molar-refractivity contribution in [2.45, 2.75) is 90.6 Å². The number of alkyl carbamates (subject to hydrolysis) is 1. The second kappa shape index (κ2) is 10.5. The van der Waals surface area contributed by atoms with E-state index < -0.39 is 23.8 Å². The summed E-state index contributed by atoms with van der Waals surface area (Å²) in [7, 11) is 0. The highest BCUT2D eigenvalue weighted by atomic mass is 16.6. The molecule has 0 saturated heterocycles. The molecule has 2 N–H and O–H groups in total. The molecule has 0 bridgehead atoms. The van der Waals surface area contributed by atoms with E-state index in [1.807, 2.05) is 13.8 Å². The summed E-state index contributed by atoms with van der Waals surface area (Å²) in [4.78, 5) is 40.7. The maximum atomic E-state index is 13.5. The number of hydrogen-bond acceptors (Lipinski definition) is 4. The molecule has 2 atom stereocenters. The molecular weight excluding hydrogens is 406 g/mol. The second-order valence-corrected chi connectivity index (χ2v) is 9.53. The second-order valence-electron chi connectivity index (χ2n) is 9.53. The summed E-state index contributed by atoms with van der Waals surface area (Å²) in [6.07, 6.45) is 7.39. The van der Waals surface area contributed by atoms with Gasteiger partial charge in [-0.25, -0.2) is 4.79 Å². The molecule has 0 aliphatic heterocycles. The smallest absolute Gasteiger partial charge is 0.408 e. The molecule has 2 rings (SSSR count). The normalized spacial score (nSPS) is 15.7. The lowest BCUT2D eigenvalue weighted by atomic mass is 9.88. The number of rotatable bonds is 7. The van der Waals surface area contributed by atoms with Gasteiger partial charge < -0.3 is 20.3 Å². The molecule has 1 aliphatic carbocycles. The standard InChI is InChI=1S/C25H35N3O4/c1-8-18-12-14-19(15-13-18)21(22(29)26-16(2)3)28(20-10-9-11-20)23(30)17(4)27-24(31)32-25(5,6)7/h1,12-17,20-21H,9-11H2,2-7H3,(H,26,29)(H,27,31). The van der Waals surface area contributed by atoms with Crippen LogP contribution in [0.15, 0.2) is 24.3 Å². The third-order valence-corrected chi connectivity index (χ3v) is 5.18. The van der Waals surface area contributed by atoms with Crippen molar-refractivity contribution in [3.63, 3.8) is 0 Å². The van der Waals surface area contributed by atoms with Crippen LogP contribution in [0, 0.1) is 12.3 Å². The SMILES string of the molecule is C#Cc1ccc(C(C(=O)NC(C)C)N(C(=O)C(C)NC(=O)OC(C)(C)C)C2CCC2)cc1. The van der Waals surface area contributed by atoms with Crippen molar-refractivity contribution >= 4 is 17.9 Å². The Morgan fingerprint density at radius 2 is 1.69 bits per heavy atom. The van der Waals surface area contributed by atoms with Crippen LogP contribution in [-0.4, -0.2) is 46.5 Å². The van der Waals surface area contributed by atoms with E-state index in [1.165, 1.54) is 0 Å². The summed E-state index contributed by atoms with van der Waals surface area (Å²) in [5.74, 6) is 1.97. The van der Waals surface area contributed by atoms with E-state index in [0.29, 0.717) is 11.1 Å². The van der Waals surface area contributed by atoms with Crippen molar-refractivity contribution in [3.8, 4) is 12.3 Å². The molecule has 1 aliphatic rings. The molecule has 7 heteroatoms. The molecule has 1 fully saturated rings. The van der Waals surface area contributed by atoms with E-state index in [1.54, 1.807) is 56.9 Å². The van der Waals surface area contributed by atoms with E-state index in [2.05, 4.69) is 16.6 Å². The van der Waals surface area contributed by atoms with Gasteiger partial charge in [0.1, 0.15) is 17.7 Å². The Labute approximate surface area is 191 Å². The van der Waals surface area contributed by atoms with E-state index in [4.69, 9.17) is 11.2 Å². The Bertz CT molecular complexity index is 861. The van der Waals surface area contributed by atoms with E-state index in [-0.39, 0.29) is 23.9 Å². The first-order valence-electron chi connectivity index (χ1n) is 11.1. The third kappa shape index (κ3) is 6.74. The number of amides is 3. The van der Waals surface area contributed by atoms with Crippen LogP contribution >= 0.6 is 0 Å². The fourth-order valence-corrected chi connectivity index (χ4v) is 3.52. The lowest BCUT2D eigenvalue weighted by molar-refractivity contribution is -0.147. The first-order chi connectivity index (χ1) is 14.9. The summed E-state index contributed by atoms with van der Waals surface area (Å²) in [6, 6.07) is 5.23. The quantitative estimate of drug-likeness (QED) is 0.634. The van der Waals surface area contributed by atoms with Crippen molar-refractivity contribution in [2.24, 2.45) is 0 Å². The minimum absolute atomic E-state index is 0.0828. The maximum Gasteiger partial charge on any atom is 0.408 e. The van der Waals surface area contributed by atoms with Crippen LogP contribution in [-0.2, 0) is 14.3 Å². The van der Waals surface area contributed by atoms with Gasteiger partial charge in [-0.2, -0.15) is 0 Å². The Balaban J connectivity index is 2.37. The summed E-state index contributed by atoms with van der Waals surface area (Å²) < 4.78 is 5.29. The molecule has 0 aromatic heterocycles. The Kier molecular flexibility index (Phi) is 8.31. The van der Waals surface area contributed by atoms with E-state index in [9.17, 15) is 14.4 Å². The molecule has 0 radical (unpaired) electrons. The van der Waals surface area contributed by atoms with Crippen LogP contribution < -0.4 is 10.6 Å². The van der Waals surface area contributed by atoms with Crippen LogP contribution in [0.25, 0.3) is 0 Å². The molecular formula is C25H35N3O4. The van der Waals surface area contributed by atoms with Gasteiger partial charge in [0.2, 0.25) is 11.8 Å². The van der Waals surface area contributed by atoms with Gasteiger partial charge in [0.25, 0.3) is 0 Å². The van der Waals surface area contributed by atoms with E-state index in [0.717, 1.165) is 19.3 Å². The summed E-state index contributed by atoms with van der Waals surface area (Å²) >= 11 is 0. The lowest BCUT2D eigenvalue weighted by Crippen LogP contribution is -2.57. The van der Waals surface area contributed by atoms with Crippen molar-refractivity contribution < 1.29 is 19.1 Å². The zero-order chi connectivity index (χ0) is 24.1. The fourth-order valence-electron chi connectivity index (χ4n) is 3.52. The largest absolute Gasteiger partial charge is 0.444 e. The number of nitrogens with one attached hydrogen (secondary N) is 2. The minimum atomic E-state index is -0.857. The van der Waals surface area contributed by atoms with Crippen molar-refractivity contribution in [2.75, 3.05) is 0 Å². The predicted octanol–water partition coefficient (Wildman–Crippen LogP) is 3.53. The van der Waals surface area contributed by atoms with Gasteiger partial charge >= 0.3 is 6.09 Å². The van der Waals surface area contributed by atoms with Crippen molar-refractivity contribution in [1.82, 2.24) is 15.5 Å². The summed E-state index contributed by atoms with van der Waals surface area (Å²) in [6.45, 7) is 10.6. The molecule has 0 spiro atoms. The third-order valence-electron chi connectivity index (χ3n) is 5.18. The zero-order valence-corrected chi connectivity index (χ0v) is 19.9. The first-order valence-corrected chi connectivity index (χ1v) is 11.1. The van der Waals surface area contributed by atoms with Crippen LogP contribution in [0.5, 0.6) is 0 Å². The molecule has 1 aromatic rings. The predicted molar refractivity (Wildman–Crippen MR) is 124 cm³/mol. The Hall–Kier alpha value is -3.01. The number of terminal acetylenes is 1. The summed E-state index contributed by atoms with van der Waals surface area (Å²) in [5, 5.41) is 5.55. The maximum absolute atomic E-state index is 13.5.